The quantitative estimate of drug-likeness (QED) is 0.0464. The monoisotopic (exact) mass is 1040 g/mol. The van der Waals surface area contributed by atoms with Crippen LogP contribution in [0, 0.1) is 29.5 Å². The Kier molecular flexibility index (Phi) is 18.2. The lowest BCUT2D eigenvalue weighted by molar-refractivity contribution is -0.144. The maximum Gasteiger partial charge on any atom is 0.417 e. The van der Waals surface area contributed by atoms with Gasteiger partial charge >= 0.3 is 6.18 Å². The third kappa shape index (κ3) is 13.1. The van der Waals surface area contributed by atoms with Crippen LogP contribution in [0.2, 0.25) is 0 Å². The zero-order valence-electron chi connectivity index (χ0n) is 41.5. The first-order valence-electron chi connectivity index (χ1n) is 23.8. The number of halogens is 4. The number of benzene rings is 3. The first-order valence-corrected chi connectivity index (χ1v) is 25.1. The van der Waals surface area contributed by atoms with Crippen LogP contribution in [0.3, 0.4) is 0 Å². The van der Waals surface area contributed by atoms with Crippen LogP contribution >= 0.6 is 23.6 Å². The molecule has 3 aromatic carbocycles. The zero-order valence-corrected chi connectivity index (χ0v) is 43.1. The van der Waals surface area contributed by atoms with Crippen LogP contribution in [0.1, 0.15) is 108 Å². The normalized spacial score (nSPS) is 16.7. The van der Waals surface area contributed by atoms with Gasteiger partial charge in [0.05, 0.1) is 51.6 Å². The van der Waals surface area contributed by atoms with E-state index in [-0.39, 0.29) is 59.9 Å². The number of alkyl halides is 3. The highest BCUT2D eigenvalue weighted by atomic mass is 32.1. The molecule has 1 unspecified atom stereocenters. The number of anilines is 2. The van der Waals surface area contributed by atoms with Crippen molar-refractivity contribution in [1.82, 2.24) is 20.5 Å². The van der Waals surface area contributed by atoms with Crippen molar-refractivity contribution >= 4 is 63.7 Å². The predicted molar refractivity (Wildman–Crippen MR) is 270 cm³/mol. The number of rotatable bonds is 21. The lowest BCUT2D eigenvalue weighted by Crippen LogP contribution is -2.58. The molecule has 4 aromatic rings. The molecule has 6 rings (SSSR count). The van der Waals surface area contributed by atoms with E-state index in [0.29, 0.717) is 57.9 Å². The van der Waals surface area contributed by atoms with E-state index in [2.05, 4.69) is 15.6 Å². The van der Waals surface area contributed by atoms with E-state index in [1.54, 1.807) is 16.2 Å². The van der Waals surface area contributed by atoms with Crippen molar-refractivity contribution in [2.24, 2.45) is 5.41 Å². The molecule has 72 heavy (non-hydrogen) atoms. The largest absolute Gasteiger partial charge is 0.491 e. The molecule has 386 valence electrons. The second-order valence-corrected chi connectivity index (χ2v) is 20.6. The van der Waals surface area contributed by atoms with Crippen LogP contribution in [0.4, 0.5) is 28.9 Å². The van der Waals surface area contributed by atoms with Gasteiger partial charge in [-0.1, -0.05) is 45.0 Å². The highest BCUT2D eigenvalue weighted by Gasteiger charge is 2.51. The molecule has 14 nitrogen and oxygen atoms in total. The Morgan fingerprint density at radius 3 is 2.28 bits per heavy atom. The number of aromatic nitrogens is 1. The number of carbonyl (C=O) groups is 4. The van der Waals surface area contributed by atoms with Crippen LogP contribution in [0.15, 0.2) is 66.2 Å². The molecule has 0 bridgehead atoms. The summed E-state index contributed by atoms with van der Waals surface area (Å²) in [7, 11) is 0. The fraction of sp³-hybridized carbons (Fsp3) is 0.481. The van der Waals surface area contributed by atoms with Gasteiger partial charge in [0.1, 0.15) is 24.2 Å². The van der Waals surface area contributed by atoms with E-state index in [4.69, 9.17) is 26.4 Å². The fourth-order valence-corrected chi connectivity index (χ4v) is 9.95. The number of nitriles is 1. The van der Waals surface area contributed by atoms with Crippen molar-refractivity contribution in [3.05, 3.63) is 94.4 Å². The Morgan fingerprint density at radius 1 is 0.944 bits per heavy atom. The summed E-state index contributed by atoms with van der Waals surface area (Å²) < 4.78 is 73.5. The summed E-state index contributed by atoms with van der Waals surface area (Å²) in [6.07, 6.45) is -1.07. The van der Waals surface area contributed by atoms with E-state index >= 15 is 4.39 Å². The van der Waals surface area contributed by atoms with E-state index in [1.165, 1.54) is 43.0 Å². The first-order chi connectivity index (χ1) is 34.0. The van der Waals surface area contributed by atoms with Crippen molar-refractivity contribution in [1.29, 1.82) is 5.26 Å². The number of unbranched alkanes of at least 4 members (excludes halogenated alkanes) is 2. The van der Waals surface area contributed by atoms with Crippen LogP contribution < -0.4 is 25.2 Å². The highest BCUT2D eigenvalue weighted by molar-refractivity contribution is 7.81. The van der Waals surface area contributed by atoms with Gasteiger partial charge < -0.3 is 34.6 Å². The topological polar surface area (TPSA) is 166 Å². The first kappa shape index (κ1) is 55.3. The highest BCUT2D eigenvalue weighted by Crippen LogP contribution is 2.41. The van der Waals surface area contributed by atoms with E-state index in [0.717, 1.165) is 45.2 Å². The van der Waals surface area contributed by atoms with Gasteiger partial charge in [-0.05, 0) is 125 Å². The van der Waals surface area contributed by atoms with Gasteiger partial charge in [0.15, 0.2) is 16.7 Å². The molecule has 0 radical (unpaired) electrons. The van der Waals surface area contributed by atoms with Crippen LogP contribution in [0.25, 0.3) is 10.4 Å². The lowest BCUT2D eigenvalue weighted by atomic mass is 9.85. The van der Waals surface area contributed by atoms with Crippen molar-refractivity contribution in [2.75, 3.05) is 49.4 Å². The molecule has 0 saturated carbocycles. The Labute approximate surface area is 427 Å². The maximum atomic E-state index is 15.3. The SMILES string of the molecule is Cc1ncsc1-c1ccc([C@H](C)NC(=O)[C@@H]2CCCN2C(=O)C(NC(=O)COCCCOCCCCCOc2ccc(N3C(=S)N(c4ccc(C#N)c(C(F)(F)F)c4)C(=O)C3(C)C)cc2F)C(C)(C)C)cc1. The third-order valence-corrected chi connectivity index (χ3v) is 13.9. The van der Waals surface area contributed by atoms with Gasteiger partial charge in [0.25, 0.3) is 5.91 Å². The Balaban J connectivity index is 0.862. The average Bonchev–Trinajstić information content (AvgIpc) is 4.04. The van der Waals surface area contributed by atoms with Gasteiger partial charge in [-0.25, -0.2) is 9.37 Å². The fourth-order valence-electron chi connectivity index (χ4n) is 8.62. The van der Waals surface area contributed by atoms with Crippen molar-refractivity contribution in [3.63, 3.8) is 0 Å². The summed E-state index contributed by atoms with van der Waals surface area (Å²) in [4.78, 5) is 63.5. The number of carbonyl (C=O) groups excluding carboxylic acids is 4. The summed E-state index contributed by atoms with van der Waals surface area (Å²) in [6.45, 7) is 14.0. The molecule has 2 fully saturated rings. The summed E-state index contributed by atoms with van der Waals surface area (Å²) in [6, 6.07) is 14.7. The van der Waals surface area contributed by atoms with Crippen LogP contribution in [-0.2, 0) is 34.8 Å². The number of aryl methyl sites for hydroxylation is 1. The van der Waals surface area contributed by atoms with Gasteiger partial charge in [0.2, 0.25) is 17.7 Å². The second kappa shape index (κ2) is 23.7. The minimum atomic E-state index is -4.85. The summed E-state index contributed by atoms with van der Waals surface area (Å²) in [5.41, 5.74) is 0.979. The molecule has 2 saturated heterocycles. The van der Waals surface area contributed by atoms with Gasteiger partial charge in [-0.2, -0.15) is 18.4 Å². The second-order valence-electron chi connectivity index (χ2n) is 19.4. The Morgan fingerprint density at radius 2 is 1.62 bits per heavy atom. The van der Waals surface area contributed by atoms with Crippen molar-refractivity contribution < 1.29 is 51.0 Å². The molecule has 1 aromatic heterocycles. The van der Waals surface area contributed by atoms with Crippen LogP contribution in [-0.4, -0.2) is 95.8 Å². The number of hydrogen-bond donors (Lipinski definition) is 2. The van der Waals surface area contributed by atoms with E-state index in [9.17, 15) is 37.6 Å². The lowest BCUT2D eigenvalue weighted by Gasteiger charge is -2.35. The molecule has 2 aliphatic heterocycles. The molecule has 3 atom stereocenters. The van der Waals surface area contributed by atoms with Gasteiger partial charge in [-0.3, -0.25) is 24.1 Å². The van der Waals surface area contributed by atoms with E-state index in [1.807, 2.05) is 64.4 Å². The van der Waals surface area contributed by atoms with Gasteiger partial charge in [0, 0.05) is 38.1 Å². The number of thiazole rings is 1. The zero-order chi connectivity index (χ0) is 52.5. The number of nitrogens with one attached hydrogen (secondary N) is 2. The predicted octanol–water partition coefficient (Wildman–Crippen LogP) is 9.44. The molecule has 4 amide bonds. The number of nitrogens with zero attached hydrogens (tertiary/aromatic N) is 5. The molecule has 2 aliphatic rings. The molecule has 0 aliphatic carbocycles. The smallest absolute Gasteiger partial charge is 0.417 e. The number of thiocarbonyl (C=S) groups is 1. The van der Waals surface area contributed by atoms with Crippen LogP contribution in [0.5, 0.6) is 5.75 Å². The van der Waals surface area contributed by atoms with Crippen molar-refractivity contribution in [2.45, 2.75) is 117 Å². The summed E-state index contributed by atoms with van der Waals surface area (Å²) in [5, 5.41) is 15.0. The Bertz CT molecular complexity index is 2650. The Hall–Kier alpha value is -6.01. The molecule has 0 spiro atoms. The average molecular weight is 1040 g/mol. The maximum absolute atomic E-state index is 15.3. The number of ether oxygens (including phenoxy) is 3. The number of likely N-dealkylation sites (tertiary alicyclic amines) is 1. The number of amides is 4. The third-order valence-electron chi connectivity index (χ3n) is 12.6. The molecular weight excluding hydrogens is 975 g/mol. The summed E-state index contributed by atoms with van der Waals surface area (Å²) in [5.74, 6) is -2.36. The van der Waals surface area contributed by atoms with Gasteiger partial charge in [-0.15, -0.1) is 11.3 Å². The molecule has 2 N–H and O–H groups in total. The standard InChI is InChI=1S/C52H61F4N7O7S2/c1-32(34-14-16-35(17-15-34)44-33(2)58-31-72-44)59-46(65)41-13-11-22-61(41)47(66)45(50(3,4)5)60-43(64)30-69-25-12-24-68-23-9-8-10-26-70-42-21-20-38(28-40(42)53)63-49(71)62(48(67)51(63,6)7)37-19-18-36(29-57)39(27-37)52(54,55)56/h14-21,27-28,31-32,41,45H,8-13,22-26,30H2,1-7H3,(H,59,65)(H,60,64)/t32-,41-,45?/m0/s1. The van der Waals surface area contributed by atoms with E-state index < -0.39 is 58.0 Å². The number of hydrogen-bond acceptors (Lipinski definition) is 11. The molecule has 20 heteroatoms. The van der Waals surface area contributed by atoms with Crippen molar-refractivity contribution in [3.8, 4) is 22.3 Å². The minimum absolute atomic E-state index is 0.0240. The summed E-state index contributed by atoms with van der Waals surface area (Å²) >= 11 is 7.13. The molecular formula is C52H61F4N7O7S2. The minimum Gasteiger partial charge on any atom is -0.491 e. The molecule has 3 heterocycles.